The van der Waals surface area contributed by atoms with Crippen LogP contribution in [0.15, 0.2) is 41.9 Å². The fourth-order valence-corrected chi connectivity index (χ4v) is 2.66. The lowest BCUT2D eigenvalue weighted by atomic mass is 10.1. The quantitative estimate of drug-likeness (QED) is 0.747. The first-order valence-electron chi connectivity index (χ1n) is 5.64. The SMILES string of the molecule is N#Cc1ccsc1NC(=O)c1c[nH]c2ccccc12. The standard InChI is InChI=1S/C14H9N3OS/c15-7-9-5-6-19-14(9)17-13(18)11-8-16-12-4-2-1-3-10(11)12/h1-6,8,16H,(H,17,18). The zero-order chi connectivity index (χ0) is 13.2. The number of fused-ring (bicyclic) bond motifs is 1. The summed E-state index contributed by atoms with van der Waals surface area (Å²) in [7, 11) is 0. The molecule has 0 atom stereocenters. The van der Waals surface area contributed by atoms with Gasteiger partial charge in [0.1, 0.15) is 11.1 Å². The van der Waals surface area contributed by atoms with Crippen LogP contribution in [0.2, 0.25) is 0 Å². The molecule has 0 aliphatic rings. The number of nitrogens with zero attached hydrogens (tertiary/aromatic N) is 1. The number of para-hydroxylation sites is 1. The second-order valence-electron chi connectivity index (χ2n) is 3.98. The van der Waals surface area contributed by atoms with Gasteiger partial charge in [0, 0.05) is 17.1 Å². The molecule has 0 saturated carbocycles. The Kier molecular flexibility index (Phi) is 2.78. The van der Waals surface area contributed by atoms with E-state index in [1.54, 1.807) is 17.6 Å². The van der Waals surface area contributed by atoms with E-state index < -0.39 is 0 Å². The number of carbonyl (C=O) groups is 1. The lowest BCUT2D eigenvalue weighted by Gasteiger charge is -2.01. The number of H-pyrrole nitrogens is 1. The second kappa shape index (κ2) is 4.59. The first kappa shape index (κ1) is 11.5. The van der Waals surface area contributed by atoms with Crippen LogP contribution in [0.1, 0.15) is 15.9 Å². The van der Waals surface area contributed by atoms with Crippen molar-refractivity contribution >= 4 is 33.1 Å². The van der Waals surface area contributed by atoms with Crippen LogP contribution >= 0.6 is 11.3 Å². The van der Waals surface area contributed by atoms with Crippen LogP contribution in [0, 0.1) is 11.3 Å². The van der Waals surface area contributed by atoms with Crippen molar-refractivity contribution in [2.24, 2.45) is 0 Å². The minimum absolute atomic E-state index is 0.212. The van der Waals surface area contributed by atoms with E-state index in [1.165, 1.54) is 11.3 Å². The second-order valence-corrected chi connectivity index (χ2v) is 4.89. The lowest BCUT2D eigenvalue weighted by Crippen LogP contribution is -2.11. The number of thiophene rings is 1. The number of nitriles is 1. The van der Waals surface area contributed by atoms with Gasteiger partial charge in [-0.2, -0.15) is 5.26 Å². The molecule has 92 valence electrons. The number of benzene rings is 1. The van der Waals surface area contributed by atoms with Crippen LogP contribution in [-0.2, 0) is 0 Å². The summed E-state index contributed by atoms with van der Waals surface area (Å²) >= 11 is 1.34. The summed E-state index contributed by atoms with van der Waals surface area (Å²) in [5.74, 6) is -0.212. The summed E-state index contributed by atoms with van der Waals surface area (Å²) in [6, 6.07) is 11.3. The number of aromatic nitrogens is 1. The van der Waals surface area contributed by atoms with Crippen molar-refractivity contribution in [3.8, 4) is 6.07 Å². The molecule has 3 aromatic rings. The maximum Gasteiger partial charge on any atom is 0.258 e. The lowest BCUT2D eigenvalue weighted by molar-refractivity contribution is 0.102. The third kappa shape index (κ3) is 1.98. The fourth-order valence-electron chi connectivity index (χ4n) is 1.92. The van der Waals surface area contributed by atoms with Crippen molar-refractivity contribution < 1.29 is 4.79 Å². The number of nitrogens with one attached hydrogen (secondary N) is 2. The highest BCUT2D eigenvalue weighted by Gasteiger charge is 2.14. The van der Waals surface area contributed by atoms with E-state index >= 15 is 0 Å². The highest BCUT2D eigenvalue weighted by atomic mass is 32.1. The van der Waals surface area contributed by atoms with Gasteiger partial charge in [-0.3, -0.25) is 4.79 Å². The van der Waals surface area contributed by atoms with Crippen LogP contribution in [-0.4, -0.2) is 10.9 Å². The average Bonchev–Trinajstić information content (AvgIpc) is 3.04. The smallest absolute Gasteiger partial charge is 0.258 e. The van der Waals surface area contributed by atoms with Gasteiger partial charge in [-0.15, -0.1) is 11.3 Å². The van der Waals surface area contributed by atoms with Crippen molar-refractivity contribution in [3.05, 3.63) is 53.0 Å². The van der Waals surface area contributed by atoms with Crippen molar-refractivity contribution in [2.45, 2.75) is 0 Å². The van der Waals surface area contributed by atoms with Crippen molar-refractivity contribution in [1.82, 2.24) is 4.98 Å². The van der Waals surface area contributed by atoms with Gasteiger partial charge in [0.05, 0.1) is 11.1 Å². The van der Waals surface area contributed by atoms with E-state index in [4.69, 9.17) is 5.26 Å². The molecule has 19 heavy (non-hydrogen) atoms. The molecule has 0 unspecified atom stereocenters. The van der Waals surface area contributed by atoms with Gasteiger partial charge in [0.2, 0.25) is 0 Å². The largest absolute Gasteiger partial charge is 0.360 e. The molecule has 2 aromatic heterocycles. The summed E-state index contributed by atoms with van der Waals surface area (Å²) in [6.07, 6.45) is 1.68. The monoisotopic (exact) mass is 267 g/mol. The Bertz CT molecular complexity index is 794. The van der Waals surface area contributed by atoms with Gasteiger partial charge < -0.3 is 10.3 Å². The van der Waals surface area contributed by atoms with E-state index in [1.807, 2.05) is 24.3 Å². The molecular weight excluding hydrogens is 258 g/mol. The zero-order valence-electron chi connectivity index (χ0n) is 9.81. The Hall–Kier alpha value is -2.58. The van der Waals surface area contributed by atoms with Crippen LogP contribution in [0.5, 0.6) is 0 Å². The Balaban J connectivity index is 1.95. The Morgan fingerprint density at radius 1 is 1.32 bits per heavy atom. The van der Waals surface area contributed by atoms with Gasteiger partial charge in [0.25, 0.3) is 5.91 Å². The zero-order valence-corrected chi connectivity index (χ0v) is 10.6. The molecule has 1 aromatic carbocycles. The molecule has 5 heteroatoms. The summed E-state index contributed by atoms with van der Waals surface area (Å²) in [6.45, 7) is 0. The minimum atomic E-state index is -0.212. The Morgan fingerprint density at radius 3 is 3.00 bits per heavy atom. The molecule has 0 spiro atoms. The maximum atomic E-state index is 12.2. The molecule has 0 saturated heterocycles. The molecule has 1 amide bonds. The minimum Gasteiger partial charge on any atom is -0.360 e. The fraction of sp³-hybridized carbons (Fsp3) is 0. The molecule has 4 nitrogen and oxygen atoms in total. The van der Waals surface area contributed by atoms with Crippen molar-refractivity contribution in [1.29, 1.82) is 5.26 Å². The van der Waals surface area contributed by atoms with Crippen LogP contribution in [0.25, 0.3) is 10.9 Å². The van der Waals surface area contributed by atoms with Gasteiger partial charge in [-0.1, -0.05) is 18.2 Å². The van der Waals surface area contributed by atoms with Crippen LogP contribution < -0.4 is 5.32 Å². The van der Waals surface area contributed by atoms with Crippen molar-refractivity contribution in [3.63, 3.8) is 0 Å². The van der Waals surface area contributed by atoms with E-state index in [0.717, 1.165) is 10.9 Å². The number of aromatic amines is 1. The van der Waals surface area contributed by atoms with Gasteiger partial charge in [-0.25, -0.2) is 0 Å². The molecule has 0 aliphatic carbocycles. The maximum absolute atomic E-state index is 12.2. The molecule has 2 N–H and O–H groups in total. The van der Waals surface area contributed by atoms with Crippen LogP contribution in [0.3, 0.4) is 0 Å². The third-order valence-electron chi connectivity index (χ3n) is 2.85. The number of hydrogen-bond acceptors (Lipinski definition) is 3. The summed E-state index contributed by atoms with van der Waals surface area (Å²) in [5.41, 5.74) is 1.98. The molecule has 0 bridgehead atoms. The number of carbonyl (C=O) groups excluding carboxylic acids is 1. The normalized spacial score (nSPS) is 10.3. The number of rotatable bonds is 2. The summed E-state index contributed by atoms with van der Waals surface area (Å²) < 4.78 is 0. The summed E-state index contributed by atoms with van der Waals surface area (Å²) in [4.78, 5) is 15.3. The number of anilines is 1. The van der Waals surface area contributed by atoms with E-state index in [0.29, 0.717) is 16.1 Å². The van der Waals surface area contributed by atoms with E-state index in [-0.39, 0.29) is 5.91 Å². The van der Waals surface area contributed by atoms with Gasteiger partial charge >= 0.3 is 0 Å². The molecular formula is C14H9N3OS. The molecule has 0 fully saturated rings. The predicted molar refractivity (Wildman–Crippen MR) is 75.3 cm³/mol. The van der Waals surface area contributed by atoms with Gasteiger partial charge in [0.15, 0.2) is 0 Å². The first-order chi connectivity index (χ1) is 9.29. The topological polar surface area (TPSA) is 68.7 Å². The van der Waals surface area contributed by atoms with E-state index in [2.05, 4.69) is 16.4 Å². The highest BCUT2D eigenvalue weighted by Crippen LogP contribution is 2.24. The molecule has 0 aliphatic heterocycles. The average molecular weight is 267 g/mol. The van der Waals surface area contributed by atoms with Crippen molar-refractivity contribution in [2.75, 3.05) is 5.32 Å². The van der Waals surface area contributed by atoms with Crippen LogP contribution in [0.4, 0.5) is 5.00 Å². The molecule has 0 radical (unpaired) electrons. The molecule has 3 rings (SSSR count). The van der Waals surface area contributed by atoms with E-state index in [9.17, 15) is 4.79 Å². The third-order valence-corrected chi connectivity index (χ3v) is 3.68. The summed E-state index contributed by atoms with van der Waals surface area (Å²) in [5, 5.41) is 14.9. The van der Waals surface area contributed by atoms with Gasteiger partial charge in [-0.05, 0) is 17.5 Å². The number of hydrogen-bond donors (Lipinski definition) is 2. The predicted octanol–water partition coefficient (Wildman–Crippen LogP) is 3.35. The Morgan fingerprint density at radius 2 is 2.16 bits per heavy atom. The first-order valence-corrected chi connectivity index (χ1v) is 6.52. The Labute approximate surface area is 113 Å². The number of amides is 1. The highest BCUT2D eigenvalue weighted by molar-refractivity contribution is 7.14. The molecule has 2 heterocycles.